The third-order valence-corrected chi connectivity index (χ3v) is 4.68. The Morgan fingerprint density at radius 2 is 1.64 bits per heavy atom. The number of aromatic nitrogens is 3. The number of carbonyl (C=O) groups is 1. The van der Waals surface area contributed by atoms with E-state index in [0.717, 1.165) is 15.8 Å². The summed E-state index contributed by atoms with van der Waals surface area (Å²) >= 11 is 6.00. The number of nitrogens with zero attached hydrogens (tertiary/aromatic N) is 3. The molecule has 1 atom stereocenters. The van der Waals surface area contributed by atoms with E-state index in [1.807, 2.05) is 42.5 Å². The maximum atomic E-state index is 12.7. The lowest BCUT2D eigenvalue weighted by Gasteiger charge is -2.20. The predicted octanol–water partition coefficient (Wildman–Crippen LogP) is 3.06. The lowest BCUT2D eigenvalue weighted by molar-refractivity contribution is -0.122. The summed E-state index contributed by atoms with van der Waals surface area (Å²) in [6.07, 6.45) is 1.62. The van der Waals surface area contributed by atoms with E-state index < -0.39 is 0 Å². The van der Waals surface area contributed by atoms with E-state index in [1.165, 1.54) is 4.40 Å². The number of rotatable bonds is 5. The second-order valence-electron chi connectivity index (χ2n) is 6.33. The van der Waals surface area contributed by atoms with Crippen molar-refractivity contribution in [1.29, 1.82) is 0 Å². The Kier molecular flexibility index (Phi) is 4.95. The fraction of sp³-hybridized carbons (Fsp3) is 0.0952. The molecule has 28 heavy (non-hydrogen) atoms. The molecule has 4 aromatic rings. The topological polar surface area (TPSA) is 68.4 Å². The number of hydrogen-bond acceptors (Lipinski definition) is 3. The van der Waals surface area contributed by atoms with Gasteiger partial charge in [-0.15, -0.1) is 5.10 Å². The fourth-order valence-electron chi connectivity index (χ4n) is 3.07. The lowest BCUT2D eigenvalue weighted by Crippen LogP contribution is -2.35. The Morgan fingerprint density at radius 1 is 0.964 bits per heavy atom. The molecule has 0 fully saturated rings. The first-order valence-corrected chi connectivity index (χ1v) is 9.13. The minimum atomic E-state index is -0.362. The summed E-state index contributed by atoms with van der Waals surface area (Å²) in [5.74, 6) is -0.311. The van der Waals surface area contributed by atoms with Crippen molar-refractivity contribution < 1.29 is 4.79 Å². The van der Waals surface area contributed by atoms with Crippen LogP contribution in [0, 0.1) is 0 Å². The van der Waals surface area contributed by atoms with Crippen LogP contribution in [0.5, 0.6) is 0 Å². The second kappa shape index (κ2) is 7.70. The molecule has 4 rings (SSSR count). The third kappa shape index (κ3) is 3.68. The standard InChI is InChI=1S/C21H17ClN4O2/c22-17-11-9-16(10-12-17)20(15-6-2-1-3-7-15)23-19(27)14-26-21(28)25-13-5-4-8-18(25)24-26/h1-13,20H,14H2,(H,23,27)/t20-/m0/s1. The monoisotopic (exact) mass is 392 g/mol. The van der Waals surface area contributed by atoms with Crippen LogP contribution >= 0.6 is 11.6 Å². The molecule has 0 bridgehead atoms. The summed E-state index contributed by atoms with van der Waals surface area (Å²) in [6, 6.07) is 21.8. The summed E-state index contributed by atoms with van der Waals surface area (Å²) < 4.78 is 2.57. The van der Waals surface area contributed by atoms with Gasteiger partial charge >= 0.3 is 5.69 Å². The largest absolute Gasteiger partial charge is 0.350 e. The van der Waals surface area contributed by atoms with Gasteiger partial charge in [0.15, 0.2) is 5.65 Å². The van der Waals surface area contributed by atoms with Crippen LogP contribution < -0.4 is 11.0 Å². The molecule has 6 nitrogen and oxygen atoms in total. The first-order valence-electron chi connectivity index (χ1n) is 8.76. The molecule has 7 heteroatoms. The predicted molar refractivity (Wildman–Crippen MR) is 107 cm³/mol. The lowest BCUT2D eigenvalue weighted by atomic mass is 9.99. The van der Waals surface area contributed by atoms with Gasteiger partial charge in [-0.2, -0.15) is 0 Å². The van der Waals surface area contributed by atoms with Crippen molar-refractivity contribution in [1.82, 2.24) is 19.5 Å². The molecule has 0 saturated heterocycles. The minimum Gasteiger partial charge on any atom is -0.344 e. The summed E-state index contributed by atoms with van der Waals surface area (Å²) in [5, 5.41) is 7.83. The molecule has 0 aliphatic rings. The highest BCUT2D eigenvalue weighted by molar-refractivity contribution is 6.30. The molecule has 1 N–H and O–H groups in total. The van der Waals surface area contributed by atoms with Crippen LogP contribution in [0.2, 0.25) is 5.02 Å². The van der Waals surface area contributed by atoms with Crippen LogP contribution in [0.4, 0.5) is 0 Å². The summed E-state index contributed by atoms with van der Waals surface area (Å²) in [6.45, 7) is -0.169. The van der Waals surface area contributed by atoms with Gasteiger partial charge in [0.2, 0.25) is 5.91 Å². The Bertz CT molecular complexity index is 1170. The fourth-order valence-corrected chi connectivity index (χ4v) is 3.20. The van der Waals surface area contributed by atoms with Gasteiger partial charge in [0.05, 0.1) is 6.04 Å². The molecule has 0 spiro atoms. The quantitative estimate of drug-likeness (QED) is 0.567. The highest BCUT2D eigenvalue weighted by atomic mass is 35.5. The zero-order valence-corrected chi connectivity index (χ0v) is 15.6. The van der Waals surface area contributed by atoms with E-state index in [0.29, 0.717) is 10.7 Å². The molecule has 0 aliphatic heterocycles. The molecular formula is C21H17ClN4O2. The highest BCUT2D eigenvalue weighted by Gasteiger charge is 2.18. The van der Waals surface area contributed by atoms with Crippen molar-refractivity contribution in [3.05, 3.63) is 106 Å². The number of nitrogens with one attached hydrogen (secondary N) is 1. The molecular weight excluding hydrogens is 376 g/mol. The van der Waals surface area contributed by atoms with Crippen molar-refractivity contribution in [2.24, 2.45) is 0 Å². The van der Waals surface area contributed by atoms with E-state index in [-0.39, 0.29) is 24.2 Å². The van der Waals surface area contributed by atoms with Crippen molar-refractivity contribution in [2.45, 2.75) is 12.6 Å². The van der Waals surface area contributed by atoms with Crippen LogP contribution in [-0.4, -0.2) is 20.1 Å². The maximum Gasteiger partial charge on any atom is 0.350 e. The van der Waals surface area contributed by atoms with Crippen molar-refractivity contribution >= 4 is 23.2 Å². The number of benzene rings is 2. The van der Waals surface area contributed by atoms with Crippen molar-refractivity contribution in [2.75, 3.05) is 0 Å². The Morgan fingerprint density at radius 3 is 2.36 bits per heavy atom. The van der Waals surface area contributed by atoms with E-state index in [1.54, 1.807) is 36.5 Å². The van der Waals surface area contributed by atoms with Gasteiger partial charge in [0, 0.05) is 11.2 Å². The summed E-state index contributed by atoms with van der Waals surface area (Å²) in [5.41, 5.74) is 1.97. The van der Waals surface area contributed by atoms with Gasteiger partial charge in [0.1, 0.15) is 6.54 Å². The smallest absolute Gasteiger partial charge is 0.344 e. The molecule has 2 heterocycles. The number of halogens is 1. The number of fused-ring (bicyclic) bond motifs is 1. The zero-order valence-electron chi connectivity index (χ0n) is 14.8. The van der Waals surface area contributed by atoms with Crippen LogP contribution in [0.3, 0.4) is 0 Å². The van der Waals surface area contributed by atoms with Crippen LogP contribution in [0.1, 0.15) is 17.2 Å². The molecule has 1 amide bonds. The van der Waals surface area contributed by atoms with Gasteiger partial charge in [-0.3, -0.25) is 9.20 Å². The number of carbonyl (C=O) groups excluding carboxylic acids is 1. The molecule has 2 aromatic heterocycles. The van der Waals surface area contributed by atoms with Crippen molar-refractivity contribution in [3.8, 4) is 0 Å². The zero-order chi connectivity index (χ0) is 19.5. The minimum absolute atomic E-state index is 0.169. The second-order valence-corrected chi connectivity index (χ2v) is 6.77. The van der Waals surface area contributed by atoms with E-state index >= 15 is 0 Å². The SMILES string of the molecule is O=C(Cn1nc2ccccn2c1=O)N[C@@H](c1ccccc1)c1ccc(Cl)cc1. The molecule has 0 unspecified atom stereocenters. The summed E-state index contributed by atoms with van der Waals surface area (Å²) in [7, 11) is 0. The molecule has 140 valence electrons. The van der Waals surface area contributed by atoms with Crippen molar-refractivity contribution in [3.63, 3.8) is 0 Å². The molecule has 2 aromatic carbocycles. The number of pyridine rings is 1. The van der Waals surface area contributed by atoms with Gasteiger partial charge in [-0.25, -0.2) is 9.48 Å². The Balaban J connectivity index is 1.61. The van der Waals surface area contributed by atoms with E-state index in [4.69, 9.17) is 11.6 Å². The molecule has 0 saturated carbocycles. The van der Waals surface area contributed by atoms with E-state index in [2.05, 4.69) is 10.4 Å². The molecule has 0 radical (unpaired) electrons. The van der Waals surface area contributed by atoms with Crippen LogP contribution in [0.25, 0.3) is 5.65 Å². The maximum absolute atomic E-state index is 12.7. The average molecular weight is 393 g/mol. The van der Waals surface area contributed by atoms with Gasteiger partial charge in [-0.05, 0) is 35.4 Å². The van der Waals surface area contributed by atoms with E-state index in [9.17, 15) is 9.59 Å². The average Bonchev–Trinajstić information content (AvgIpc) is 3.03. The van der Waals surface area contributed by atoms with Gasteiger partial charge in [0.25, 0.3) is 0 Å². The first kappa shape index (κ1) is 18.0. The Labute approximate surface area is 166 Å². The first-order chi connectivity index (χ1) is 13.6. The van der Waals surface area contributed by atoms with Gasteiger partial charge in [-0.1, -0.05) is 60.1 Å². The van der Waals surface area contributed by atoms with Crippen LogP contribution in [0.15, 0.2) is 83.8 Å². The number of amides is 1. The van der Waals surface area contributed by atoms with Gasteiger partial charge < -0.3 is 5.32 Å². The summed E-state index contributed by atoms with van der Waals surface area (Å²) in [4.78, 5) is 25.1. The Hall–Kier alpha value is -3.38. The highest BCUT2D eigenvalue weighted by Crippen LogP contribution is 2.23. The number of hydrogen-bond donors (Lipinski definition) is 1. The third-order valence-electron chi connectivity index (χ3n) is 4.42. The molecule has 0 aliphatic carbocycles. The van der Waals surface area contributed by atoms with Crippen LogP contribution in [-0.2, 0) is 11.3 Å². The normalized spacial score (nSPS) is 12.0.